The summed E-state index contributed by atoms with van der Waals surface area (Å²) < 4.78 is 0.868. The minimum absolute atomic E-state index is 0.0707. The summed E-state index contributed by atoms with van der Waals surface area (Å²) in [6.07, 6.45) is 2.99. The molecule has 6 nitrogen and oxygen atoms in total. The van der Waals surface area contributed by atoms with Gasteiger partial charge in [-0.15, -0.1) is 5.75 Å². The molecule has 124 valence electrons. The number of amides is 1. The van der Waals surface area contributed by atoms with Crippen LogP contribution in [0.25, 0.3) is 6.08 Å². The summed E-state index contributed by atoms with van der Waals surface area (Å²) in [6.45, 7) is 1.89. The maximum atomic E-state index is 11.8. The van der Waals surface area contributed by atoms with Crippen molar-refractivity contribution in [2.24, 2.45) is 0 Å². The summed E-state index contributed by atoms with van der Waals surface area (Å²) in [5.41, 5.74) is 1.92. The first-order valence-electron chi connectivity index (χ1n) is 7.03. The van der Waals surface area contributed by atoms with Crippen molar-refractivity contribution in [1.29, 1.82) is 0 Å². The highest BCUT2D eigenvalue weighted by Crippen LogP contribution is 2.21. The average Bonchev–Trinajstić information content (AvgIpc) is 2.53. The van der Waals surface area contributed by atoms with Crippen LogP contribution in [0, 0.1) is 17.0 Å². The lowest BCUT2D eigenvalue weighted by Crippen LogP contribution is -2.21. The molecule has 0 atom stereocenters. The van der Waals surface area contributed by atoms with Crippen LogP contribution < -0.4 is 10.4 Å². The van der Waals surface area contributed by atoms with Crippen molar-refractivity contribution in [3.63, 3.8) is 0 Å². The fourth-order valence-electron chi connectivity index (χ4n) is 1.99. The Bertz CT molecular complexity index is 818. The number of hydrogen-bond donors (Lipinski definition) is 1. The number of rotatable bonds is 5. The van der Waals surface area contributed by atoms with Crippen LogP contribution in [0.5, 0.6) is 5.75 Å². The van der Waals surface area contributed by atoms with Crippen LogP contribution in [0.1, 0.15) is 16.7 Å². The lowest BCUT2D eigenvalue weighted by atomic mass is 10.1. The van der Waals surface area contributed by atoms with E-state index < -0.39 is 10.8 Å². The first kappa shape index (κ1) is 17.7. The molecule has 0 heterocycles. The van der Waals surface area contributed by atoms with E-state index in [0.29, 0.717) is 0 Å². The molecule has 0 bridgehead atoms. The Hall–Kier alpha value is -2.67. The number of nitrogens with one attached hydrogen (secondary N) is 1. The third kappa shape index (κ3) is 4.66. The number of carbonyl (C=O) groups is 1. The number of aryl methyl sites for hydroxylation is 1. The van der Waals surface area contributed by atoms with Gasteiger partial charge in [0.15, 0.2) is 0 Å². The predicted molar refractivity (Wildman–Crippen MR) is 92.3 cm³/mol. The Labute approximate surface area is 147 Å². The molecule has 1 N–H and O–H groups in total. The molecule has 24 heavy (non-hydrogen) atoms. The van der Waals surface area contributed by atoms with Crippen molar-refractivity contribution in [2.45, 2.75) is 13.5 Å². The van der Waals surface area contributed by atoms with Gasteiger partial charge >= 0.3 is 0 Å². The first-order valence-corrected chi connectivity index (χ1v) is 7.82. The molecule has 1 amide bonds. The highest BCUT2D eigenvalue weighted by Gasteiger charge is 2.07. The fraction of sp³-hybridized carbons (Fsp3) is 0.118. The summed E-state index contributed by atoms with van der Waals surface area (Å²) in [5, 5.41) is 24.9. The Morgan fingerprint density at radius 2 is 2.04 bits per heavy atom. The molecule has 0 saturated heterocycles. The Kier molecular flexibility index (Phi) is 5.70. The van der Waals surface area contributed by atoms with Crippen LogP contribution >= 0.6 is 15.9 Å². The molecule has 2 rings (SSSR count). The lowest BCUT2D eigenvalue weighted by molar-refractivity contribution is -0.385. The predicted octanol–water partition coefficient (Wildman–Crippen LogP) is 3.07. The van der Waals surface area contributed by atoms with Gasteiger partial charge in [-0.05, 0) is 35.8 Å². The number of carbonyl (C=O) groups excluding carboxylic acids is 1. The summed E-state index contributed by atoms with van der Waals surface area (Å²) in [7, 11) is 0. The van der Waals surface area contributed by atoms with Gasteiger partial charge in [-0.25, -0.2) is 0 Å². The second kappa shape index (κ2) is 7.74. The van der Waals surface area contributed by atoms with Gasteiger partial charge in [0, 0.05) is 29.2 Å². The molecule has 0 fully saturated rings. The molecule has 0 spiro atoms. The summed E-state index contributed by atoms with van der Waals surface area (Å²) in [4.78, 5) is 22.0. The van der Waals surface area contributed by atoms with Crippen LogP contribution in [-0.4, -0.2) is 10.8 Å². The third-order valence-electron chi connectivity index (χ3n) is 3.28. The highest BCUT2D eigenvalue weighted by atomic mass is 79.9. The van der Waals surface area contributed by atoms with Crippen molar-refractivity contribution in [1.82, 2.24) is 5.32 Å². The zero-order chi connectivity index (χ0) is 17.7. The number of non-ortho nitro benzene ring substituents is 1. The van der Waals surface area contributed by atoms with E-state index in [1.165, 1.54) is 12.1 Å². The second-order valence-corrected chi connectivity index (χ2v) is 5.98. The minimum atomic E-state index is -0.584. The van der Waals surface area contributed by atoms with E-state index in [1.54, 1.807) is 6.08 Å². The normalized spacial score (nSPS) is 10.8. The Morgan fingerprint density at radius 3 is 2.71 bits per heavy atom. The van der Waals surface area contributed by atoms with E-state index in [9.17, 15) is 20.0 Å². The second-order valence-electron chi connectivity index (χ2n) is 5.13. The van der Waals surface area contributed by atoms with Gasteiger partial charge < -0.3 is 10.4 Å². The van der Waals surface area contributed by atoms with E-state index in [2.05, 4.69) is 21.2 Å². The topological polar surface area (TPSA) is 95.3 Å². The van der Waals surface area contributed by atoms with Crippen LogP contribution in [-0.2, 0) is 11.3 Å². The maximum Gasteiger partial charge on any atom is 0.269 e. The lowest BCUT2D eigenvalue weighted by Gasteiger charge is -2.12. The minimum Gasteiger partial charge on any atom is -0.872 e. The molecular weight excluding hydrogens is 376 g/mol. The van der Waals surface area contributed by atoms with Gasteiger partial charge in [0.05, 0.1) is 4.92 Å². The van der Waals surface area contributed by atoms with E-state index in [4.69, 9.17) is 0 Å². The quantitative estimate of drug-likeness (QED) is 0.482. The highest BCUT2D eigenvalue weighted by molar-refractivity contribution is 9.10. The van der Waals surface area contributed by atoms with E-state index >= 15 is 0 Å². The SMILES string of the molecule is Cc1ccc(/C=C/C(=O)NCc2cc([N+](=O)[O-])ccc2[O-])c(Br)c1. The van der Waals surface area contributed by atoms with Gasteiger partial charge in [0.25, 0.3) is 5.69 Å². The molecule has 0 radical (unpaired) electrons. The largest absolute Gasteiger partial charge is 0.872 e. The van der Waals surface area contributed by atoms with Crippen molar-refractivity contribution in [2.75, 3.05) is 0 Å². The summed E-state index contributed by atoms with van der Waals surface area (Å²) in [5.74, 6) is -0.750. The first-order chi connectivity index (χ1) is 11.4. The number of nitrogens with zero attached hydrogens (tertiary/aromatic N) is 1. The molecular formula is C17H14BrN2O4-. The number of hydrogen-bond acceptors (Lipinski definition) is 4. The molecule has 0 aliphatic rings. The van der Waals surface area contributed by atoms with Crippen molar-refractivity contribution >= 4 is 33.6 Å². The number of benzene rings is 2. The smallest absolute Gasteiger partial charge is 0.269 e. The van der Waals surface area contributed by atoms with Crippen LogP contribution in [0.4, 0.5) is 5.69 Å². The van der Waals surface area contributed by atoms with Crippen LogP contribution in [0.2, 0.25) is 0 Å². The van der Waals surface area contributed by atoms with Crippen molar-refractivity contribution < 1.29 is 14.8 Å². The van der Waals surface area contributed by atoms with Gasteiger partial charge in [-0.3, -0.25) is 14.9 Å². The number of nitro groups is 1. The van der Waals surface area contributed by atoms with E-state index in [-0.39, 0.29) is 23.5 Å². The fourth-order valence-corrected chi connectivity index (χ4v) is 2.62. The van der Waals surface area contributed by atoms with Crippen LogP contribution in [0.3, 0.4) is 0 Å². The molecule has 0 aromatic heterocycles. The molecule has 0 saturated carbocycles. The zero-order valence-electron chi connectivity index (χ0n) is 12.8. The van der Waals surface area contributed by atoms with Gasteiger partial charge in [-0.1, -0.05) is 34.1 Å². The maximum absolute atomic E-state index is 11.8. The molecule has 0 unspecified atom stereocenters. The standard InChI is InChI=1S/C17H15BrN2O4/c1-11-2-3-12(15(18)8-11)4-7-17(22)19-10-13-9-14(20(23)24)5-6-16(13)21/h2-9,21H,10H2,1H3,(H,19,22)/p-1/b7-4+. The number of halogens is 1. The molecule has 2 aromatic carbocycles. The van der Waals surface area contributed by atoms with Gasteiger partial charge in [-0.2, -0.15) is 0 Å². The van der Waals surface area contributed by atoms with Crippen molar-refractivity contribution in [3.8, 4) is 5.75 Å². The average molecular weight is 390 g/mol. The monoisotopic (exact) mass is 389 g/mol. The van der Waals surface area contributed by atoms with E-state index in [1.807, 2.05) is 25.1 Å². The summed E-state index contributed by atoms with van der Waals surface area (Å²) in [6, 6.07) is 9.17. The zero-order valence-corrected chi connectivity index (χ0v) is 14.4. The van der Waals surface area contributed by atoms with Gasteiger partial charge in [0.1, 0.15) is 0 Å². The Balaban J connectivity index is 2.02. The Morgan fingerprint density at radius 1 is 1.29 bits per heavy atom. The summed E-state index contributed by atoms with van der Waals surface area (Å²) >= 11 is 3.42. The molecule has 7 heteroatoms. The molecule has 0 aliphatic carbocycles. The van der Waals surface area contributed by atoms with Crippen LogP contribution in [0.15, 0.2) is 46.9 Å². The van der Waals surface area contributed by atoms with Gasteiger partial charge in [0.2, 0.25) is 5.91 Å². The number of nitro benzene ring substituents is 1. The third-order valence-corrected chi connectivity index (χ3v) is 3.96. The molecule has 0 aliphatic heterocycles. The van der Waals surface area contributed by atoms with Crippen molar-refractivity contribution in [3.05, 3.63) is 73.8 Å². The molecule has 2 aromatic rings. The van der Waals surface area contributed by atoms with E-state index in [0.717, 1.165) is 27.7 Å².